The molecule has 0 aliphatic carbocycles. The van der Waals surface area contributed by atoms with Crippen LogP contribution in [0.15, 0.2) is 48.5 Å². The molecular formula is C22H20ClN5O2S. The first-order valence-electron chi connectivity index (χ1n) is 9.53. The Hall–Kier alpha value is -3.23. The Balaban J connectivity index is 1.50. The number of nitrogens with one attached hydrogen (secondary N) is 1. The predicted octanol–water partition coefficient (Wildman–Crippen LogP) is 4.85. The van der Waals surface area contributed by atoms with Crippen molar-refractivity contribution >= 4 is 34.0 Å². The second kappa shape index (κ2) is 8.87. The number of amides is 1. The van der Waals surface area contributed by atoms with E-state index in [-0.39, 0.29) is 11.6 Å². The largest absolute Gasteiger partial charge is 0.497 e. The molecule has 4 rings (SSSR count). The number of carbonyl (C=O) groups is 1. The van der Waals surface area contributed by atoms with Crippen LogP contribution in [0.3, 0.4) is 0 Å². The summed E-state index contributed by atoms with van der Waals surface area (Å²) in [5.74, 6) is 0.467. The van der Waals surface area contributed by atoms with Crippen molar-refractivity contribution in [3.8, 4) is 11.4 Å². The van der Waals surface area contributed by atoms with Gasteiger partial charge in [0.15, 0.2) is 10.8 Å². The Morgan fingerprint density at radius 3 is 2.68 bits per heavy atom. The molecule has 0 saturated heterocycles. The molecule has 4 aromatic rings. The number of benzene rings is 2. The van der Waals surface area contributed by atoms with Crippen molar-refractivity contribution < 1.29 is 9.53 Å². The predicted molar refractivity (Wildman–Crippen MR) is 122 cm³/mol. The summed E-state index contributed by atoms with van der Waals surface area (Å²) in [6, 6.07) is 15.1. The van der Waals surface area contributed by atoms with Gasteiger partial charge in [0, 0.05) is 16.3 Å². The van der Waals surface area contributed by atoms with E-state index in [1.54, 1.807) is 30.8 Å². The normalized spacial score (nSPS) is 10.8. The highest BCUT2D eigenvalue weighted by Gasteiger charge is 2.19. The first-order valence-corrected chi connectivity index (χ1v) is 10.7. The number of rotatable bonds is 6. The zero-order valence-corrected chi connectivity index (χ0v) is 18.8. The van der Waals surface area contributed by atoms with Crippen LogP contribution >= 0.6 is 22.9 Å². The van der Waals surface area contributed by atoms with Gasteiger partial charge in [0.25, 0.3) is 5.91 Å². The molecule has 9 heteroatoms. The number of aromatic nitrogens is 4. The SMILES string of the molecule is COc1ccc(Cc2sc(NC(=O)c3nnn(-c4cccc(Cl)c4)c3C)nc2C)cc1. The van der Waals surface area contributed by atoms with Gasteiger partial charge in [-0.2, -0.15) is 0 Å². The topological polar surface area (TPSA) is 81.9 Å². The summed E-state index contributed by atoms with van der Waals surface area (Å²) in [5, 5.41) is 12.1. The van der Waals surface area contributed by atoms with Gasteiger partial charge < -0.3 is 4.74 Å². The Morgan fingerprint density at radius 2 is 1.97 bits per heavy atom. The van der Waals surface area contributed by atoms with Gasteiger partial charge in [-0.15, -0.1) is 16.4 Å². The third kappa shape index (κ3) is 4.60. The fourth-order valence-corrected chi connectivity index (χ4v) is 4.30. The molecular weight excluding hydrogens is 434 g/mol. The molecule has 1 N–H and O–H groups in total. The maximum atomic E-state index is 12.8. The average molecular weight is 454 g/mol. The second-order valence-corrected chi connectivity index (χ2v) is 8.44. The van der Waals surface area contributed by atoms with E-state index in [9.17, 15) is 4.79 Å². The fourth-order valence-electron chi connectivity index (χ4n) is 3.12. The number of halogens is 1. The third-order valence-electron chi connectivity index (χ3n) is 4.80. The van der Waals surface area contributed by atoms with Crippen LogP contribution in [-0.2, 0) is 6.42 Å². The van der Waals surface area contributed by atoms with Crippen molar-refractivity contribution in [2.75, 3.05) is 12.4 Å². The Morgan fingerprint density at radius 1 is 1.19 bits per heavy atom. The lowest BCUT2D eigenvalue weighted by Crippen LogP contribution is -2.14. The van der Waals surface area contributed by atoms with Crippen LogP contribution in [0.1, 0.15) is 32.3 Å². The molecule has 0 fully saturated rings. The number of hydrogen-bond donors (Lipinski definition) is 1. The number of methoxy groups -OCH3 is 1. The van der Waals surface area contributed by atoms with E-state index in [0.717, 1.165) is 34.0 Å². The van der Waals surface area contributed by atoms with E-state index in [1.807, 2.05) is 43.3 Å². The van der Waals surface area contributed by atoms with E-state index in [1.165, 1.54) is 11.3 Å². The monoisotopic (exact) mass is 453 g/mol. The molecule has 0 saturated carbocycles. The van der Waals surface area contributed by atoms with Crippen molar-refractivity contribution in [3.05, 3.63) is 81.1 Å². The quantitative estimate of drug-likeness (QED) is 0.451. The lowest BCUT2D eigenvalue weighted by atomic mass is 10.1. The first-order chi connectivity index (χ1) is 14.9. The van der Waals surface area contributed by atoms with Crippen LogP contribution in [0.2, 0.25) is 5.02 Å². The second-order valence-electron chi connectivity index (χ2n) is 6.92. The first kappa shape index (κ1) is 21.0. The molecule has 0 spiro atoms. The molecule has 2 heterocycles. The lowest BCUT2D eigenvalue weighted by Gasteiger charge is -2.04. The van der Waals surface area contributed by atoms with Crippen LogP contribution in [0.4, 0.5) is 5.13 Å². The number of anilines is 1. The van der Waals surface area contributed by atoms with Gasteiger partial charge in [-0.05, 0) is 49.7 Å². The molecule has 2 aromatic heterocycles. The van der Waals surface area contributed by atoms with Gasteiger partial charge in [0.1, 0.15) is 5.75 Å². The minimum atomic E-state index is -0.351. The van der Waals surface area contributed by atoms with Gasteiger partial charge in [0.2, 0.25) is 0 Å². The van der Waals surface area contributed by atoms with Crippen molar-refractivity contribution in [1.29, 1.82) is 0 Å². The number of nitrogens with zero attached hydrogens (tertiary/aromatic N) is 4. The highest BCUT2D eigenvalue weighted by molar-refractivity contribution is 7.15. The summed E-state index contributed by atoms with van der Waals surface area (Å²) in [6.45, 7) is 3.73. The molecule has 0 atom stereocenters. The van der Waals surface area contributed by atoms with E-state index in [4.69, 9.17) is 16.3 Å². The summed E-state index contributed by atoms with van der Waals surface area (Å²) in [4.78, 5) is 18.4. The molecule has 31 heavy (non-hydrogen) atoms. The van der Waals surface area contributed by atoms with Crippen LogP contribution in [-0.4, -0.2) is 33.0 Å². The number of hydrogen-bond acceptors (Lipinski definition) is 6. The van der Waals surface area contributed by atoms with Gasteiger partial charge in [0.05, 0.1) is 24.2 Å². The van der Waals surface area contributed by atoms with Crippen molar-refractivity contribution in [3.63, 3.8) is 0 Å². The molecule has 2 aromatic carbocycles. The average Bonchev–Trinajstić information content (AvgIpc) is 3.30. The van der Waals surface area contributed by atoms with Crippen molar-refractivity contribution in [1.82, 2.24) is 20.0 Å². The Bertz CT molecular complexity index is 1230. The van der Waals surface area contributed by atoms with E-state index < -0.39 is 0 Å². The van der Waals surface area contributed by atoms with Crippen LogP contribution in [0.25, 0.3) is 5.69 Å². The molecule has 0 bridgehead atoms. The highest BCUT2D eigenvalue weighted by Crippen LogP contribution is 2.26. The van der Waals surface area contributed by atoms with Crippen LogP contribution in [0.5, 0.6) is 5.75 Å². The van der Waals surface area contributed by atoms with Gasteiger partial charge in [-0.25, -0.2) is 9.67 Å². The zero-order valence-electron chi connectivity index (χ0n) is 17.2. The molecule has 7 nitrogen and oxygen atoms in total. The van der Waals surface area contributed by atoms with Gasteiger partial charge >= 0.3 is 0 Å². The molecule has 1 amide bonds. The van der Waals surface area contributed by atoms with E-state index >= 15 is 0 Å². The highest BCUT2D eigenvalue weighted by atomic mass is 35.5. The fraction of sp³-hybridized carbons (Fsp3) is 0.182. The number of aryl methyl sites for hydroxylation is 1. The maximum absolute atomic E-state index is 12.8. The number of thiazole rings is 1. The zero-order chi connectivity index (χ0) is 22.0. The lowest BCUT2D eigenvalue weighted by molar-refractivity contribution is 0.102. The molecule has 158 valence electrons. The van der Waals surface area contributed by atoms with Gasteiger partial charge in [-0.1, -0.05) is 35.0 Å². The summed E-state index contributed by atoms with van der Waals surface area (Å²) < 4.78 is 6.79. The Labute approximate surface area is 188 Å². The summed E-state index contributed by atoms with van der Waals surface area (Å²) in [7, 11) is 1.65. The molecule has 0 aliphatic rings. The van der Waals surface area contributed by atoms with Crippen molar-refractivity contribution in [2.45, 2.75) is 20.3 Å². The Kier molecular flexibility index (Phi) is 6.01. The van der Waals surface area contributed by atoms with Crippen molar-refractivity contribution in [2.24, 2.45) is 0 Å². The molecule has 0 unspecified atom stereocenters. The smallest absolute Gasteiger partial charge is 0.279 e. The standard InChI is InChI=1S/C22H20ClN5O2S/c1-13-19(11-15-7-9-18(30-3)10-8-15)31-22(24-13)25-21(29)20-14(2)28(27-26-20)17-6-4-5-16(23)12-17/h4-10,12H,11H2,1-3H3,(H,24,25,29). The van der Waals surface area contributed by atoms with E-state index in [2.05, 4.69) is 20.6 Å². The van der Waals surface area contributed by atoms with Crippen LogP contribution < -0.4 is 10.1 Å². The summed E-state index contributed by atoms with van der Waals surface area (Å²) in [6.07, 6.45) is 0.730. The van der Waals surface area contributed by atoms with Gasteiger partial charge in [-0.3, -0.25) is 10.1 Å². The minimum Gasteiger partial charge on any atom is -0.497 e. The van der Waals surface area contributed by atoms with E-state index in [0.29, 0.717) is 15.8 Å². The van der Waals surface area contributed by atoms with Crippen LogP contribution in [0, 0.1) is 13.8 Å². The molecule has 0 aliphatic heterocycles. The summed E-state index contributed by atoms with van der Waals surface area (Å²) >= 11 is 7.51. The summed E-state index contributed by atoms with van der Waals surface area (Å²) in [5.41, 5.74) is 3.63. The number of carbonyl (C=O) groups excluding carboxylic acids is 1. The number of ether oxygens (including phenoxy) is 1. The molecule has 0 radical (unpaired) electrons. The minimum absolute atomic E-state index is 0.240. The maximum Gasteiger partial charge on any atom is 0.279 e. The third-order valence-corrected chi connectivity index (χ3v) is 6.11.